The molecule has 0 radical (unpaired) electrons. The van der Waals surface area contributed by atoms with Gasteiger partial charge < -0.3 is 19.2 Å². The summed E-state index contributed by atoms with van der Waals surface area (Å²) in [5.74, 6) is 2.10. The molecule has 5 bridgehead atoms. The van der Waals surface area contributed by atoms with Gasteiger partial charge in [-0.3, -0.25) is 4.90 Å². The lowest BCUT2D eigenvalue weighted by atomic mass is 10.2. The van der Waals surface area contributed by atoms with Gasteiger partial charge >= 0.3 is 6.55 Å². The molecule has 0 spiro atoms. The van der Waals surface area contributed by atoms with Gasteiger partial charge in [-0.2, -0.15) is 18.6 Å². The van der Waals surface area contributed by atoms with Crippen LogP contribution in [0.3, 0.4) is 0 Å². The zero-order valence-corrected chi connectivity index (χ0v) is 20.3. The Morgan fingerprint density at radius 1 is 1.08 bits per heavy atom. The molecule has 194 valence electrons. The van der Waals surface area contributed by atoms with Crippen LogP contribution in [0.15, 0.2) is 30.9 Å². The van der Waals surface area contributed by atoms with E-state index in [9.17, 15) is 8.78 Å². The molecule has 1 N–H and O–H groups in total. The monoisotopic (exact) mass is 511 g/mol. The Hall–Kier alpha value is -3.71. The maximum atomic E-state index is 13.9. The summed E-state index contributed by atoms with van der Waals surface area (Å²) in [6, 6.07) is 2.00. The molecule has 0 aliphatic carbocycles. The largest absolute Gasteiger partial charge is 0.488 e. The van der Waals surface area contributed by atoms with E-state index in [1.807, 2.05) is 13.0 Å². The molecular formula is C24H27F2N9O2. The zero-order valence-electron chi connectivity index (χ0n) is 20.3. The molecule has 6 heterocycles. The van der Waals surface area contributed by atoms with E-state index in [4.69, 9.17) is 9.47 Å². The number of halogens is 2. The minimum Gasteiger partial charge on any atom is -0.488 e. The van der Waals surface area contributed by atoms with Gasteiger partial charge in [0.2, 0.25) is 0 Å². The van der Waals surface area contributed by atoms with Gasteiger partial charge in [0, 0.05) is 37.0 Å². The summed E-state index contributed by atoms with van der Waals surface area (Å²) in [7, 11) is 0. The normalized spacial score (nSPS) is 19.1. The summed E-state index contributed by atoms with van der Waals surface area (Å²) in [5, 5.41) is 7.09. The number of aryl methyl sites for hydroxylation is 1. The highest BCUT2D eigenvalue weighted by Crippen LogP contribution is 2.33. The molecule has 0 amide bonds. The van der Waals surface area contributed by atoms with Gasteiger partial charge in [-0.25, -0.2) is 19.9 Å². The second-order valence-electron chi connectivity index (χ2n) is 9.18. The van der Waals surface area contributed by atoms with Crippen molar-refractivity contribution in [3.05, 3.63) is 42.4 Å². The molecular weight excluding hydrogens is 484 g/mol. The number of nitrogens with one attached hydrogen (secondary N) is 1. The van der Waals surface area contributed by atoms with Crippen LogP contribution >= 0.6 is 0 Å². The Kier molecular flexibility index (Phi) is 6.38. The van der Waals surface area contributed by atoms with Crippen molar-refractivity contribution in [2.75, 3.05) is 38.2 Å². The fourth-order valence-electron chi connectivity index (χ4n) is 4.87. The molecule has 2 aliphatic rings. The Morgan fingerprint density at radius 2 is 2.00 bits per heavy atom. The highest BCUT2D eigenvalue weighted by Gasteiger charge is 2.27. The number of nitrogens with zero attached hydrogens (tertiary/aromatic N) is 8. The summed E-state index contributed by atoms with van der Waals surface area (Å²) in [6.45, 7) is 2.22. The molecule has 4 aromatic heterocycles. The van der Waals surface area contributed by atoms with Crippen LogP contribution in [0.1, 0.15) is 30.9 Å². The Labute approximate surface area is 211 Å². The van der Waals surface area contributed by atoms with E-state index in [1.165, 1.54) is 12.4 Å². The fourth-order valence-corrected chi connectivity index (χ4v) is 4.87. The summed E-state index contributed by atoms with van der Waals surface area (Å²) in [4.78, 5) is 20.4. The molecule has 0 saturated carbocycles. The summed E-state index contributed by atoms with van der Waals surface area (Å²) in [5.41, 5.74) is 1.80. The average Bonchev–Trinajstić information content (AvgIpc) is 3.59. The first-order valence-electron chi connectivity index (χ1n) is 12.3. The topological polar surface area (TPSA) is 108 Å². The lowest BCUT2D eigenvalue weighted by Crippen LogP contribution is -2.36. The summed E-state index contributed by atoms with van der Waals surface area (Å²) >= 11 is 0. The van der Waals surface area contributed by atoms with Crippen molar-refractivity contribution in [2.24, 2.45) is 0 Å². The maximum Gasteiger partial charge on any atom is 0.333 e. The molecule has 4 aromatic rings. The first-order chi connectivity index (χ1) is 18.0. The highest BCUT2D eigenvalue weighted by molar-refractivity contribution is 5.64. The van der Waals surface area contributed by atoms with Crippen LogP contribution in [0.5, 0.6) is 5.75 Å². The van der Waals surface area contributed by atoms with Crippen LogP contribution in [0, 0.1) is 6.92 Å². The zero-order chi connectivity index (χ0) is 25.4. The number of alkyl halides is 2. The molecule has 1 fully saturated rings. The van der Waals surface area contributed by atoms with Crippen molar-refractivity contribution in [3.8, 4) is 17.1 Å². The third-order valence-corrected chi connectivity index (χ3v) is 6.61. The van der Waals surface area contributed by atoms with E-state index >= 15 is 0 Å². The molecule has 11 nitrogen and oxygen atoms in total. The predicted octanol–water partition coefficient (Wildman–Crippen LogP) is 3.25. The number of hydrogen-bond donors (Lipinski definition) is 1. The third-order valence-electron chi connectivity index (χ3n) is 6.61. The minimum absolute atomic E-state index is 0.124. The quantitative estimate of drug-likeness (QED) is 0.412. The highest BCUT2D eigenvalue weighted by atomic mass is 19.3. The molecule has 2 aliphatic heterocycles. The molecule has 13 heteroatoms. The fraction of sp³-hybridized carbons (Fsp3) is 0.458. The Morgan fingerprint density at radius 3 is 2.89 bits per heavy atom. The van der Waals surface area contributed by atoms with Crippen LogP contribution in [-0.2, 0) is 11.2 Å². The van der Waals surface area contributed by atoms with Crippen molar-refractivity contribution in [1.82, 2.24) is 39.0 Å². The van der Waals surface area contributed by atoms with E-state index < -0.39 is 6.55 Å². The molecule has 6 rings (SSSR count). The average molecular weight is 512 g/mol. The number of rotatable bonds is 1. The van der Waals surface area contributed by atoms with Crippen LogP contribution in [0.4, 0.5) is 20.4 Å². The minimum atomic E-state index is -2.84. The van der Waals surface area contributed by atoms with Gasteiger partial charge in [0.1, 0.15) is 29.6 Å². The van der Waals surface area contributed by atoms with E-state index in [1.54, 1.807) is 16.8 Å². The van der Waals surface area contributed by atoms with Gasteiger partial charge in [0.05, 0.1) is 31.8 Å². The van der Waals surface area contributed by atoms with Crippen LogP contribution < -0.4 is 10.1 Å². The van der Waals surface area contributed by atoms with Gasteiger partial charge in [0.15, 0.2) is 17.2 Å². The van der Waals surface area contributed by atoms with E-state index in [-0.39, 0.29) is 17.5 Å². The lowest BCUT2D eigenvalue weighted by molar-refractivity contribution is 0.0580. The van der Waals surface area contributed by atoms with Crippen LogP contribution in [0.25, 0.3) is 17.0 Å². The number of aromatic nitrogens is 7. The first kappa shape index (κ1) is 23.7. The van der Waals surface area contributed by atoms with Gasteiger partial charge in [-0.05, 0) is 26.3 Å². The standard InChI is InChI=1S/C24H27F2N9O2/c1-15-9-20-30-19(29-15)4-7-36-8-6-33-5-2-3-16(33)14-37-18-10-28-35(24(25)26)23(18)17-12-34-13-21(31-20)32-22(34)11-27-17/h9-13,16,24H,2-8,14H2,1H3,(H,29,30,31)/t16-/m1/s1. The van der Waals surface area contributed by atoms with Crippen LogP contribution in [-0.4, -0.2) is 78.0 Å². The summed E-state index contributed by atoms with van der Waals surface area (Å²) < 4.78 is 42.0. The first-order valence-corrected chi connectivity index (χ1v) is 12.3. The molecule has 1 saturated heterocycles. The van der Waals surface area contributed by atoms with Gasteiger partial charge in [-0.15, -0.1) is 0 Å². The number of fused-ring (bicyclic) bond motifs is 7. The Balaban J connectivity index is 1.39. The van der Waals surface area contributed by atoms with E-state index in [2.05, 4.69) is 35.3 Å². The van der Waals surface area contributed by atoms with E-state index in [0.717, 1.165) is 31.6 Å². The SMILES string of the molecule is Cc1cc2nc(n1)CCOCCN1CCC[C@@H]1COc1cnn(C(F)F)c1-c1cn3cc(nc3cn1)N2. The Bertz CT molecular complexity index is 1410. The maximum absolute atomic E-state index is 13.9. The number of ether oxygens (including phenoxy) is 2. The van der Waals surface area contributed by atoms with Crippen LogP contribution in [0.2, 0.25) is 0 Å². The van der Waals surface area contributed by atoms with E-state index in [0.29, 0.717) is 59.7 Å². The van der Waals surface area contributed by atoms with Crippen molar-refractivity contribution >= 4 is 17.3 Å². The lowest BCUT2D eigenvalue weighted by Gasteiger charge is -2.24. The smallest absolute Gasteiger partial charge is 0.333 e. The van der Waals surface area contributed by atoms with Crippen molar-refractivity contribution in [3.63, 3.8) is 0 Å². The summed E-state index contributed by atoms with van der Waals surface area (Å²) in [6.07, 6.45) is 8.86. The van der Waals surface area contributed by atoms with Crippen molar-refractivity contribution in [1.29, 1.82) is 0 Å². The third kappa shape index (κ3) is 4.96. The van der Waals surface area contributed by atoms with Crippen molar-refractivity contribution < 1.29 is 18.3 Å². The molecule has 37 heavy (non-hydrogen) atoms. The second-order valence-corrected chi connectivity index (χ2v) is 9.18. The second kappa shape index (κ2) is 9.98. The number of hydrogen-bond acceptors (Lipinski definition) is 9. The molecule has 0 unspecified atom stereocenters. The number of anilines is 2. The van der Waals surface area contributed by atoms with Gasteiger partial charge in [-0.1, -0.05) is 0 Å². The predicted molar refractivity (Wildman–Crippen MR) is 130 cm³/mol. The number of imidazole rings is 1. The molecule has 1 atom stereocenters. The molecule has 0 aromatic carbocycles. The van der Waals surface area contributed by atoms with Crippen molar-refractivity contribution in [2.45, 2.75) is 38.8 Å². The van der Waals surface area contributed by atoms with Gasteiger partial charge in [0.25, 0.3) is 0 Å².